The lowest BCUT2D eigenvalue weighted by Gasteiger charge is -2.05. The fourth-order valence-electron chi connectivity index (χ4n) is 2.06. The molecule has 2 aromatic carbocycles. The van der Waals surface area contributed by atoms with Gasteiger partial charge in [-0.05, 0) is 29.8 Å². The van der Waals surface area contributed by atoms with Gasteiger partial charge >= 0.3 is 0 Å². The van der Waals surface area contributed by atoms with E-state index in [0.717, 1.165) is 10.4 Å². The molecule has 1 aromatic heterocycles. The molecule has 3 aromatic rings. The van der Waals surface area contributed by atoms with E-state index in [1.165, 1.54) is 10.4 Å². The van der Waals surface area contributed by atoms with Gasteiger partial charge in [-0.25, -0.2) is 0 Å². The Kier molecular flexibility index (Phi) is 2.97. The Balaban J connectivity index is 2.07. The maximum Gasteiger partial charge on any atom is 0.126 e. The van der Waals surface area contributed by atoms with Crippen LogP contribution in [0.25, 0.3) is 20.9 Å². The fourth-order valence-corrected chi connectivity index (χ4v) is 3.14. The summed E-state index contributed by atoms with van der Waals surface area (Å²) in [6.07, 6.45) is 0. The van der Waals surface area contributed by atoms with Crippen molar-refractivity contribution in [3.05, 3.63) is 60.7 Å². The van der Waals surface area contributed by atoms with E-state index in [-0.39, 0.29) is 5.75 Å². The first-order chi connectivity index (χ1) is 9.25. The van der Waals surface area contributed by atoms with Crippen molar-refractivity contribution in [1.29, 1.82) is 0 Å². The van der Waals surface area contributed by atoms with E-state index >= 15 is 0 Å². The normalized spacial score (nSPS) is 10.5. The van der Waals surface area contributed by atoms with Gasteiger partial charge < -0.3 is 10.8 Å². The second-order valence-corrected chi connectivity index (χ2v) is 5.36. The molecule has 3 N–H and O–H groups in total. The van der Waals surface area contributed by atoms with Crippen LogP contribution < -0.4 is 5.73 Å². The zero-order valence-electron chi connectivity index (χ0n) is 10.2. The first kappa shape index (κ1) is 11.8. The van der Waals surface area contributed by atoms with Crippen LogP contribution in [0.15, 0.2) is 60.7 Å². The molecule has 0 fully saturated rings. The summed E-state index contributed by atoms with van der Waals surface area (Å²) in [4.78, 5) is 2.15. The molecule has 0 unspecified atom stereocenters. The van der Waals surface area contributed by atoms with Crippen LogP contribution in [-0.2, 0) is 0 Å². The second-order valence-electron chi connectivity index (χ2n) is 4.27. The molecule has 19 heavy (non-hydrogen) atoms. The lowest BCUT2D eigenvalue weighted by atomic mass is 10.1. The Morgan fingerprint density at radius 2 is 1.53 bits per heavy atom. The minimum atomic E-state index is 0.224. The van der Waals surface area contributed by atoms with Gasteiger partial charge in [-0.15, -0.1) is 11.3 Å². The molecule has 0 bridgehead atoms. The van der Waals surface area contributed by atoms with E-state index in [1.807, 2.05) is 24.3 Å². The Morgan fingerprint density at radius 3 is 2.26 bits per heavy atom. The van der Waals surface area contributed by atoms with Crippen LogP contribution in [0, 0.1) is 0 Å². The van der Waals surface area contributed by atoms with Crippen molar-refractivity contribution in [3.8, 4) is 26.6 Å². The van der Waals surface area contributed by atoms with Crippen molar-refractivity contribution in [1.82, 2.24) is 0 Å². The monoisotopic (exact) mass is 267 g/mol. The summed E-state index contributed by atoms with van der Waals surface area (Å²) in [7, 11) is 0. The lowest BCUT2D eigenvalue weighted by molar-refractivity contribution is 0.478. The third-order valence-electron chi connectivity index (χ3n) is 2.99. The van der Waals surface area contributed by atoms with Crippen LogP contribution >= 0.6 is 11.3 Å². The van der Waals surface area contributed by atoms with E-state index in [4.69, 9.17) is 5.73 Å². The van der Waals surface area contributed by atoms with Crippen molar-refractivity contribution >= 4 is 17.0 Å². The van der Waals surface area contributed by atoms with E-state index < -0.39 is 0 Å². The van der Waals surface area contributed by atoms with Gasteiger partial charge in [0.05, 0.1) is 5.56 Å². The molecule has 0 saturated carbocycles. The molecule has 3 heteroatoms. The highest BCUT2D eigenvalue weighted by molar-refractivity contribution is 7.18. The molecular formula is C16H13NOS. The van der Waals surface area contributed by atoms with Gasteiger partial charge in [0.2, 0.25) is 0 Å². The van der Waals surface area contributed by atoms with E-state index in [9.17, 15) is 5.11 Å². The predicted molar refractivity (Wildman–Crippen MR) is 81.3 cm³/mol. The SMILES string of the molecule is Nc1cccc(O)c1-c1ccc(-c2ccccc2)s1. The first-order valence-electron chi connectivity index (χ1n) is 5.99. The van der Waals surface area contributed by atoms with Gasteiger partial charge in [-0.3, -0.25) is 0 Å². The molecule has 94 valence electrons. The van der Waals surface area contributed by atoms with Gasteiger partial charge in [-0.1, -0.05) is 36.4 Å². The molecule has 0 aliphatic carbocycles. The Bertz CT molecular complexity index is 684. The number of hydrogen-bond acceptors (Lipinski definition) is 3. The van der Waals surface area contributed by atoms with Gasteiger partial charge in [0.25, 0.3) is 0 Å². The summed E-state index contributed by atoms with van der Waals surface area (Å²) >= 11 is 1.63. The highest BCUT2D eigenvalue weighted by Gasteiger charge is 2.11. The number of thiophene rings is 1. The zero-order chi connectivity index (χ0) is 13.2. The quantitative estimate of drug-likeness (QED) is 0.677. The molecule has 0 spiro atoms. The van der Waals surface area contributed by atoms with Crippen molar-refractivity contribution in [3.63, 3.8) is 0 Å². The highest BCUT2D eigenvalue weighted by atomic mass is 32.1. The molecule has 2 nitrogen and oxygen atoms in total. The fraction of sp³-hybridized carbons (Fsp3) is 0. The summed E-state index contributed by atoms with van der Waals surface area (Å²) in [5.74, 6) is 0.224. The van der Waals surface area contributed by atoms with Crippen LogP contribution in [0.2, 0.25) is 0 Å². The number of phenols is 1. The molecule has 0 atom stereocenters. The number of phenolic OH excluding ortho intramolecular Hbond substituents is 1. The minimum absolute atomic E-state index is 0.224. The maximum absolute atomic E-state index is 9.95. The van der Waals surface area contributed by atoms with Gasteiger partial charge in [0.15, 0.2) is 0 Å². The van der Waals surface area contributed by atoms with Crippen LogP contribution in [0.3, 0.4) is 0 Å². The Hall–Kier alpha value is -2.26. The third-order valence-corrected chi connectivity index (χ3v) is 4.14. The van der Waals surface area contributed by atoms with E-state index in [1.54, 1.807) is 29.5 Å². The second kappa shape index (κ2) is 4.78. The van der Waals surface area contributed by atoms with Crippen LogP contribution in [-0.4, -0.2) is 5.11 Å². The van der Waals surface area contributed by atoms with E-state index in [2.05, 4.69) is 18.2 Å². The number of rotatable bonds is 2. The first-order valence-corrected chi connectivity index (χ1v) is 6.80. The van der Waals surface area contributed by atoms with E-state index in [0.29, 0.717) is 5.69 Å². The molecule has 1 heterocycles. The molecular weight excluding hydrogens is 254 g/mol. The maximum atomic E-state index is 9.95. The van der Waals surface area contributed by atoms with Crippen molar-refractivity contribution in [2.24, 2.45) is 0 Å². The van der Waals surface area contributed by atoms with Gasteiger partial charge in [0.1, 0.15) is 5.75 Å². The lowest BCUT2D eigenvalue weighted by Crippen LogP contribution is -1.88. The molecule has 0 saturated heterocycles. The average molecular weight is 267 g/mol. The summed E-state index contributed by atoms with van der Waals surface area (Å²) < 4.78 is 0. The molecule has 0 aliphatic rings. The standard InChI is InChI=1S/C16H13NOS/c17-12-7-4-8-13(18)16(12)15-10-9-14(19-15)11-5-2-1-3-6-11/h1-10,18H,17H2. The van der Waals surface area contributed by atoms with Crippen LogP contribution in [0.1, 0.15) is 0 Å². The molecule has 0 aliphatic heterocycles. The van der Waals surface area contributed by atoms with Crippen LogP contribution in [0.5, 0.6) is 5.75 Å². The smallest absolute Gasteiger partial charge is 0.126 e. The number of hydrogen-bond donors (Lipinski definition) is 2. The predicted octanol–water partition coefficient (Wildman–Crippen LogP) is 4.37. The molecule has 0 radical (unpaired) electrons. The Morgan fingerprint density at radius 1 is 0.789 bits per heavy atom. The Labute approximate surface area is 115 Å². The summed E-state index contributed by atoms with van der Waals surface area (Å²) in [6.45, 7) is 0. The minimum Gasteiger partial charge on any atom is -0.507 e. The number of anilines is 1. The summed E-state index contributed by atoms with van der Waals surface area (Å²) in [5, 5.41) is 9.95. The third kappa shape index (κ3) is 2.20. The number of nitrogens with two attached hydrogens (primary N) is 1. The number of nitrogen functional groups attached to an aromatic ring is 1. The van der Waals surface area contributed by atoms with Crippen LogP contribution in [0.4, 0.5) is 5.69 Å². The number of benzene rings is 2. The topological polar surface area (TPSA) is 46.2 Å². The molecule has 0 amide bonds. The summed E-state index contributed by atoms with van der Waals surface area (Å²) in [6, 6.07) is 19.4. The molecule has 3 rings (SSSR count). The van der Waals surface area contributed by atoms with Crippen molar-refractivity contribution in [2.75, 3.05) is 5.73 Å². The van der Waals surface area contributed by atoms with Gasteiger partial charge in [0, 0.05) is 15.4 Å². The summed E-state index contributed by atoms with van der Waals surface area (Å²) in [5.41, 5.74) is 8.44. The number of aromatic hydroxyl groups is 1. The van der Waals surface area contributed by atoms with Crippen molar-refractivity contribution < 1.29 is 5.11 Å². The van der Waals surface area contributed by atoms with Crippen molar-refractivity contribution in [2.45, 2.75) is 0 Å². The zero-order valence-corrected chi connectivity index (χ0v) is 11.0. The largest absolute Gasteiger partial charge is 0.507 e. The highest BCUT2D eigenvalue weighted by Crippen LogP contribution is 2.41. The average Bonchev–Trinajstić information content (AvgIpc) is 2.89. The van der Waals surface area contributed by atoms with Gasteiger partial charge in [-0.2, -0.15) is 0 Å².